The molecule has 1 aromatic carbocycles. The van der Waals surface area contributed by atoms with Gasteiger partial charge in [0, 0.05) is 18.8 Å². The molecule has 0 radical (unpaired) electrons. The van der Waals surface area contributed by atoms with Crippen LogP contribution < -0.4 is 10.6 Å². The molecule has 1 aromatic rings. The Labute approximate surface area is 107 Å². The number of nitrogens with two attached hydrogens (primary N) is 1. The molecule has 0 spiro atoms. The van der Waals surface area contributed by atoms with Crippen molar-refractivity contribution in [1.82, 2.24) is 0 Å². The van der Waals surface area contributed by atoms with Gasteiger partial charge in [-0.05, 0) is 43.0 Å². The van der Waals surface area contributed by atoms with Crippen LogP contribution in [0.2, 0.25) is 0 Å². The molecule has 2 unspecified atom stereocenters. The summed E-state index contributed by atoms with van der Waals surface area (Å²) in [7, 11) is 0. The summed E-state index contributed by atoms with van der Waals surface area (Å²) in [6, 6.07) is 5.37. The lowest BCUT2D eigenvalue weighted by Gasteiger charge is -2.40. The van der Waals surface area contributed by atoms with E-state index in [4.69, 9.17) is 10.5 Å². The Kier molecular flexibility index (Phi) is 3.22. The summed E-state index contributed by atoms with van der Waals surface area (Å²) < 4.78 is 19.1. The quantitative estimate of drug-likeness (QED) is 0.873. The van der Waals surface area contributed by atoms with Crippen molar-refractivity contribution in [2.24, 2.45) is 5.73 Å². The van der Waals surface area contributed by atoms with Crippen molar-refractivity contribution in [2.45, 2.75) is 38.0 Å². The summed E-state index contributed by atoms with van der Waals surface area (Å²) >= 11 is 0. The van der Waals surface area contributed by atoms with Gasteiger partial charge in [0.25, 0.3) is 0 Å². The minimum atomic E-state index is -0.213. The fourth-order valence-corrected chi connectivity index (χ4v) is 3.22. The number of hydrogen-bond donors (Lipinski definition) is 1. The Morgan fingerprint density at radius 3 is 3.11 bits per heavy atom. The van der Waals surface area contributed by atoms with Gasteiger partial charge in [0.05, 0.1) is 18.8 Å². The van der Waals surface area contributed by atoms with Crippen LogP contribution >= 0.6 is 0 Å². The zero-order valence-electron chi connectivity index (χ0n) is 10.4. The lowest BCUT2D eigenvalue weighted by atomic mass is 10.1. The third-order valence-corrected chi connectivity index (χ3v) is 4.05. The van der Waals surface area contributed by atoms with Gasteiger partial charge < -0.3 is 15.4 Å². The van der Waals surface area contributed by atoms with Gasteiger partial charge in [-0.25, -0.2) is 4.39 Å². The average Bonchev–Trinajstić information content (AvgIpc) is 2.86. The van der Waals surface area contributed by atoms with Gasteiger partial charge in [0.15, 0.2) is 0 Å². The number of rotatable bonds is 2. The molecule has 2 N–H and O–H groups in total. The van der Waals surface area contributed by atoms with E-state index in [0.717, 1.165) is 37.2 Å². The smallest absolute Gasteiger partial charge is 0.123 e. The van der Waals surface area contributed by atoms with Crippen LogP contribution in [0.4, 0.5) is 10.1 Å². The first kappa shape index (κ1) is 11.9. The topological polar surface area (TPSA) is 38.5 Å². The molecule has 18 heavy (non-hydrogen) atoms. The summed E-state index contributed by atoms with van der Waals surface area (Å²) in [5.41, 5.74) is 7.71. The number of hydrogen-bond acceptors (Lipinski definition) is 3. The predicted molar refractivity (Wildman–Crippen MR) is 69.0 cm³/mol. The number of nitrogens with zero attached hydrogens (tertiary/aromatic N) is 1. The highest BCUT2D eigenvalue weighted by molar-refractivity contribution is 5.55. The molecule has 2 fully saturated rings. The van der Waals surface area contributed by atoms with Crippen LogP contribution in [-0.2, 0) is 11.3 Å². The summed E-state index contributed by atoms with van der Waals surface area (Å²) in [5.74, 6) is -0.213. The summed E-state index contributed by atoms with van der Waals surface area (Å²) in [5, 5.41) is 0. The van der Waals surface area contributed by atoms with E-state index in [2.05, 4.69) is 4.90 Å². The third kappa shape index (κ3) is 1.99. The van der Waals surface area contributed by atoms with Crippen LogP contribution in [0.15, 0.2) is 18.2 Å². The van der Waals surface area contributed by atoms with Crippen molar-refractivity contribution in [3.05, 3.63) is 29.6 Å². The number of halogens is 1. The fraction of sp³-hybridized carbons (Fsp3) is 0.571. The van der Waals surface area contributed by atoms with E-state index in [1.807, 2.05) is 6.07 Å². The largest absolute Gasteiger partial charge is 0.374 e. The number of morpholine rings is 1. The second-order valence-electron chi connectivity index (χ2n) is 5.08. The molecular weight excluding hydrogens is 231 g/mol. The second kappa shape index (κ2) is 4.86. The molecule has 98 valence electrons. The van der Waals surface area contributed by atoms with E-state index >= 15 is 0 Å². The molecule has 0 aromatic heterocycles. The van der Waals surface area contributed by atoms with E-state index in [-0.39, 0.29) is 5.82 Å². The van der Waals surface area contributed by atoms with Gasteiger partial charge in [-0.2, -0.15) is 0 Å². The van der Waals surface area contributed by atoms with Crippen molar-refractivity contribution in [1.29, 1.82) is 0 Å². The number of ether oxygens (including phenoxy) is 1. The summed E-state index contributed by atoms with van der Waals surface area (Å²) in [6.07, 6.45) is 3.85. The molecule has 2 aliphatic rings. The summed E-state index contributed by atoms with van der Waals surface area (Å²) in [4.78, 5) is 2.36. The first-order valence-corrected chi connectivity index (χ1v) is 6.66. The number of fused-ring (bicyclic) bond motifs is 1. The van der Waals surface area contributed by atoms with E-state index in [1.165, 1.54) is 12.5 Å². The third-order valence-electron chi connectivity index (χ3n) is 4.05. The van der Waals surface area contributed by atoms with E-state index < -0.39 is 0 Å². The first-order valence-electron chi connectivity index (χ1n) is 6.66. The maximum Gasteiger partial charge on any atom is 0.123 e. The Morgan fingerprint density at radius 1 is 1.39 bits per heavy atom. The Morgan fingerprint density at radius 2 is 2.28 bits per heavy atom. The molecule has 3 rings (SSSR count). The maximum atomic E-state index is 13.3. The molecular formula is C14H19FN2O. The van der Waals surface area contributed by atoms with Crippen LogP contribution in [0, 0.1) is 5.82 Å². The van der Waals surface area contributed by atoms with Crippen molar-refractivity contribution >= 4 is 5.69 Å². The van der Waals surface area contributed by atoms with Gasteiger partial charge in [0.1, 0.15) is 5.82 Å². The van der Waals surface area contributed by atoms with Crippen LogP contribution in [0.1, 0.15) is 24.8 Å². The lowest BCUT2D eigenvalue weighted by Crippen LogP contribution is -2.49. The summed E-state index contributed by atoms with van der Waals surface area (Å²) in [6.45, 7) is 2.00. The maximum absolute atomic E-state index is 13.3. The van der Waals surface area contributed by atoms with Crippen LogP contribution in [0.25, 0.3) is 0 Å². The highest BCUT2D eigenvalue weighted by Gasteiger charge is 2.36. The minimum Gasteiger partial charge on any atom is -0.374 e. The molecule has 1 saturated heterocycles. The highest BCUT2D eigenvalue weighted by Crippen LogP contribution is 2.34. The molecule has 2 atom stereocenters. The van der Waals surface area contributed by atoms with E-state index in [9.17, 15) is 4.39 Å². The Balaban J connectivity index is 1.93. The van der Waals surface area contributed by atoms with Crippen molar-refractivity contribution in [3.8, 4) is 0 Å². The molecule has 0 amide bonds. The van der Waals surface area contributed by atoms with E-state index in [0.29, 0.717) is 18.7 Å². The molecule has 3 nitrogen and oxygen atoms in total. The van der Waals surface area contributed by atoms with Crippen LogP contribution in [-0.4, -0.2) is 25.3 Å². The Bertz CT molecular complexity index is 438. The molecule has 0 bridgehead atoms. The zero-order valence-corrected chi connectivity index (χ0v) is 10.4. The van der Waals surface area contributed by atoms with Crippen molar-refractivity contribution in [3.63, 3.8) is 0 Å². The minimum absolute atomic E-state index is 0.213. The van der Waals surface area contributed by atoms with Crippen molar-refractivity contribution in [2.75, 3.05) is 18.1 Å². The first-order chi connectivity index (χ1) is 8.79. The molecule has 1 saturated carbocycles. The van der Waals surface area contributed by atoms with Gasteiger partial charge >= 0.3 is 0 Å². The monoisotopic (exact) mass is 250 g/mol. The molecule has 1 aliphatic carbocycles. The van der Waals surface area contributed by atoms with Crippen molar-refractivity contribution < 1.29 is 9.13 Å². The molecule has 1 heterocycles. The number of anilines is 1. The van der Waals surface area contributed by atoms with Gasteiger partial charge in [-0.1, -0.05) is 0 Å². The predicted octanol–water partition coefficient (Wildman–Crippen LogP) is 2.04. The van der Waals surface area contributed by atoms with Gasteiger partial charge in [-0.15, -0.1) is 0 Å². The standard InChI is InChI=1S/C14H19FN2O/c15-11-4-5-12(10(8-11)9-16)17-6-7-18-14-3-1-2-13(14)17/h4-5,8,13-14H,1-3,6-7,9,16H2. The SMILES string of the molecule is NCc1cc(F)ccc1N1CCOC2CCCC21. The van der Waals surface area contributed by atoms with Crippen LogP contribution in [0.3, 0.4) is 0 Å². The second-order valence-corrected chi connectivity index (χ2v) is 5.08. The number of benzene rings is 1. The average molecular weight is 250 g/mol. The van der Waals surface area contributed by atoms with Gasteiger partial charge in [-0.3, -0.25) is 0 Å². The highest BCUT2D eigenvalue weighted by atomic mass is 19.1. The molecule has 4 heteroatoms. The molecule has 1 aliphatic heterocycles. The normalized spacial score (nSPS) is 27.3. The Hall–Kier alpha value is -1.13. The van der Waals surface area contributed by atoms with E-state index in [1.54, 1.807) is 6.07 Å². The van der Waals surface area contributed by atoms with Crippen LogP contribution in [0.5, 0.6) is 0 Å². The lowest BCUT2D eigenvalue weighted by molar-refractivity contribution is 0.0256. The van der Waals surface area contributed by atoms with Gasteiger partial charge in [0.2, 0.25) is 0 Å². The zero-order chi connectivity index (χ0) is 12.5. The fourth-order valence-electron chi connectivity index (χ4n) is 3.22.